The second kappa shape index (κ2) is 4.68. The van der Waals surface area contributed by atoms with Gasteiger partial charge in [-0.25, -0.2) is 4.98 Å². The van der Waals surface area contributed by atoms with Crippen LogP contribution in [-0.4, -0.2) is 16.3 Å². The molecule has 19 heavy (non-hydrogen) atoms. The van der Waals surface area contributed by atoms with E-state index in [2.05, 4.69) is 9.97 Å². The van der Waals surface area contributed by atoms with E-state index in [0.717, 1.165) is 22.9 Å². The summed E-state index contributed by atoms with van der Waals surface area (Å²) in [7, 11) is 0. The molecule has 1 heterocycles. The fraction of sp³-hybridized carbons (Fsp3) is 0. The molecule has 0 saturated heterocycles. The fourth-order valence-corrected chi connectivity index (χ4v) is 2.41. The number of halogens is 2. The number of nitrogens with zero attached hydrogens (tertiary/aromatic N) is 1. The Hall–Kier alpha value is -1.84. The van der Waals surface area contributed by atoms with Gasteiger partial charge in [0, 0.05) is 16.1 Å². The highest BCUT2D eigenvalue weighted by atomic mass is 35.5. The molecule has 0 radical (unpaired) electrons. The predicted molar refractivity (Wildman–Crippen MR) is 76.9 cm³/mol. The molecule has 0 bridgehead atoms. The van der Waals surface area contributed by atoms with E-state index in [0.29, 0.717) is 21.4 Å². The Labute approximate surface area is 119 Å². The molecule has 5 heteroatoms. The molecule has 0 atom stereocenters. The zero-order valence-corrected chi connectivity index (χ0v) is 11.2. The lowest BCUT2D eigenvalue weighted by atomic mass is 10.2. The van der Waals surface area contributed by atoms with Gasteiger partial charge in [-0.1, -0.05) is 23.2 Å². The second-order valence-electron chi connectivity index (χ2n) is 4.10. The van der Waals surface area contributed by atoms with Crippen molar-refractivity contribution in [3.63, 3.8) is 0 Å². The molecular formula is C14H8Cl2N2O. The van der Waals surface area contributed by atoms with Gasteiger partial charge in [0.1, 0.15) is 12.1 Å². The average molecular weight is 291 g/mol. The number of fused-ring (bicyclic) bond motifs is 1. The van der Waals surface area contributed by atoms with Gasteiger partial charge in [0.15, 0.2) is 0 Å². The summed E-state index contributed by atoms with van der Waals surface area (Å²) >= 11 is 12.0. The number of aromatic amines is 1. The minimum atomic E-state index is 0.530. The van der Waals surface area contributed by atoms with Gasteiger partial charge in [0.25, 0.3) is 0 Å². The molecule has 0 aliphatic rings. The van der Waals surface area contributed by atoms with E-state index in [1.807, 2.05) is 6.07 Å². The summed E-state index contributed by atoms with van der Waals surface area (Å²) < 4.78 is 0. The van der Waals surface area contributed by atoms with Crippen LogP contribution in [0.1, 0.15) is 10.4 Å². The average Bonchev–Trinajstić information content (AvgIpc) is 2.80. The number of imidazole rings is 1. The molecule has 94 valence electrons. The van der Waals surface area contributed by atoms with Gasteiger partial charge >= 0.3 is 0 Å². The zero-order valence-electron chi connectivity index (χ0n) is 9.65. The normalized spacial score (nSPS) is 10.8. The molecule has 0 aliphatic heterocycles. The summed E-state index contributed by atoms with van der Waals surface area (Å²) in [6, 6.07) is 10.5. The Bertz CT molecular complexity index is 780. The largest absolute Gasteiger partial charge is 0.338 e. The number of aromatic nitrogens is 2. The van der Waals surface area contributed by atoms with E-state index >= 15 is 0 Å². The van der Waals surface area contributed by atoms with Crippen molar-refractivity contribution in [1.82, 2.24) is 9.97 Å². The third kappa shape index (κ3) is 2.23. The Morgan fingerprint density at radius 2 is 1.95 bits per heavy atom. The smallest absolute Gasteiger partial charge is 0.150 e. The van der Waals surface area contributed by atoms with Gasteiger partial charge in [-0.05, 0) is 36.4 Å². The maximum Gasteiger partial charge on any atom is 0.150 e. The number of hydrogen-bond donors (Lipinski definition) is 1. The number of carbonyl (C=O) groups excluding carboxylic acids is 1. The Balaban J connectivity index is 2.17. The van der Waals surface area contributed by atoms with Crippen molar-refractivity contribution >= 4 is 40.5 Å². The number of H-pyrrole nitrogens is 1. The number of nitrogens with one attached hydrogen (secondary N) is 1. The lowest BCUT2D eigenvalue weighted by Crippen LogP contribution is -1.81. The van der Waals surface area contributed by atoms with Gasteiger partial charge in [-0.15, -0.1) is 0 Å². The Morgan fingerprint density at radius 1 is 1.11 bits per heavy atom. The number of hydrogen-bond acceptors (Lipinski definition) is 2. The van der Waals surface area contributed by atoms with Crippen LogP contribution in [0.25, 0.3) is 22.4 Å². The highest BCUT2D eigenvalue weighted by Crippen LogP contribution is 2.29. The quantitative estimate of drug-likeness (QED) is 0.713. The monoisotopic (exact) mass is 290 g/mol. The summed E-state index contributed by atoms with van der Waals surface area (Å²) in [5.74, 6) is 0.653. The SMILES string of the molecule is O=Cc1ccc2nc(-c3ccc(Cl)cc3Cl)[nH]c2c1. The predicted octanol–water partition coefficient (Wildman–Crippen LogP) is 4.35. The van der Waals surface area contributed by atoms with Gasteiger partial charge < -0.3 is 4.98 Å². The molecule has 3 aromatic rings. The van der Waals surface area contributed by atoms with Crippen LogP contribution in [0.4, 0.5) is 0 Å². The highest BCUT2D eigenvalue weighted by molar-refractivity contribution is 6.36. The standard InChI is InChI=1S/C14H8Cl2N2O/c15-9-2-3-10(11(16)6-9)14-17-12-4-1-8(7-19)5-13(12)18-14/h1-7H,(H,17,18). The number of rotatable bonds is 2. The van der Waals surface area contributed by atoms with Crippen LogP contribution < -0.4 is 0 Å². The second-order valence-corrected chi connectivity index (χ2v) is 4.95. The molecule has 3 nitrogen and oxygen atoms in total. The Kier molecular flexibility index (Phi) is 3.01. The van der Waals surface area contributed by atoms with E-state index in [1.54, 1.807) is 30.3 Å². The summed E-state index contributed by atoms with van der Waals surface area (Å²) in [5, 5.41) is 1.11. The van der Waals surface area contributed by atoms with Crippen molar-refractivity contribution in [3.8, 4) is 11.4 Å². The number of aldehydes is 1. The van der Waals surface area contributed by atoms with E-state index in [9.17, 15) is 4.79 Å². The molecule has 0 unspecified atom stereocenters. The fourth-order valence-electron chi connectivity index (χ4n) is 1.91. The van der Waals surface area contributed by atoms with Crippen LogP contribution in [0.2, 0.25) is 10.0 Å². The van der Waals surface area contributed by atoms with Gasteiger partial charge in [-0.3, -0.25) is 4.79 Å². The minimum absolute atomic E-state index is 0.530. The van der Waals surface area contributed by atoms with Gasteiger partial charge in [0.2, 0.25) is 0 Å². The van der Waals surface area contributed by atoms with Gasteiger partial charge in [0.05, 0.1) is 16.1 Å². The topological polar surface area (TPSA) is 45.8 Å². The Morgan fingerprint density at radius 3 is 2.68 bits per heavy atom. The van der Waals surface area contributed by atoms with Crippen LogP contribution >= 0.6 is 23.2 Å². The summed E-state index contributed by atoms with van der Waals surface area (Å²) in [5.41, 5.74) is 2.96. The molecule has 0 amide bonds. The lowest BCUT2D eigenvalue weighted by molar-refractivity contribution is 0.112. The van der Waals surface area contributed by atoms with E-state index in [-0.39, 0.29) is 0 Å². The van der Waals surface area contributed by atoms with Crippen molar-refractivity contribution in [1.29, 1.82) is 0 Å². The van der Waals surface area contributed by atoms with Crippen LogP contribution in [-0.2, 0) is 0 Å². The van der Waals surface area contributed by atoms with Crippen molar-refractivity contribution in [3.05, 3.63) is 52.0 Å². The van der Waals surface area contributed by atoms with Crippen molar-refractivity contribution in [2.75, 3.05) is 0 Å². The maximum atomic E-state index is 10.7. The molecule has 0 saturated carbocycles. The molecule has 2 aromatic carbocycles. The number of carbonyl (C=O) groups is 1. The van der Waals surface area contributed by atoms with Crippen molar-refractivity contribution in [2.24, 2.45) is 0 Å². The first kappa shape index (κ1) is 12.2. The summed E-state index contributed by atoms with van der Waals surface area (Å²) in [4.78, 5) is 18.3. The van der Waals surface area contributed by atoms with Crippen LogP contribution in [0.15, 0.2) is 36.4 Å². The molecule has 1 N–H and O–H groups in total. The molecule has 1 aromatic heterocycles. The lowest BCUT2D eigenvalue weighted by Gasteiger charge is -2.00. The maximum absolute atomic E-state index is 10.7. The first-order chi connectivity index (χ1) is 9.17. The van der Waals surface area contributed by atoms with Crippen LogP contribution in [0.5, 0.6) is 0 Å². The minimum Gasteiger partial charge on any atom is -0.338 e. The first-order valence-electron chi connectivity index (χ1n) is 5.58. The van der Waals surface area contributed by atoms with Crippen LogP contribution in [0.3, 0.4) is 0 Å². The zero-order chi connectivity index (χ0) is 13.4. The third-order valence-electron chi connectivity index (χ3n) is 2.83. The molecule has 0 aliphatic carbocycles. The summed E-state index contributed by atoms with van der Waals surface area (Å²) in [6.07, 6.45) is 0.801. The van der Waals surface area contributed by atoms with Gasteiger partial charge in [-0.2, -0.15) is 0 Å². The molecule has 0 fully saturated rings. The van der Waals surface area contributed by atoms with E-state index in [1.165, 1.54) is 0 Å². The molecular weight excluding hydrogens is 283 g/mol. The molecule has 3 rings (SSSR count). The van der Waals surface area contributed by atoms with Crippen LogP contribution in [0, 0.1) is 0 Å². The van der Waals surface area contributed by atoms with E-state index in [4.69, 9.17) is 23.2 Å². The van der Waals surface area contributed by atoms with E-state index < -0.39 is 0 Å². The third-order valence-corrected chi connectivity index (χ3v) is 3.38. The first-order valence-corrected chi connectivity index (χ1v) is 6.33. The highest BCUT2D eigenvalue weighted by Gasteiger charge is 2.09. The molecule has 0 spiro atoms. The summed E-state index contributed by atoms with van der Waals surface area (Å²) in [6.45, 7) is 0. The van der Waals surface area contributed by atoms with Crippen molar-refractivity contribution in [2.45, 2.75) is 0 Å². The van der Waals surface area contributed by atoms with Crippen molar-refractivity contribution < 1.29 is 4.79 Å². The number of benzene rings is 2.